The molecule has 9 heteroatoms. The molecule has 0 aliphatic carbocycles. The SMILES string of the molecule is Nc1[nH]c(-c2c(F)cccc2Cl)nc1-c1ccc(C(=O)N2CCCC2c2cccc(F)c2)nc1. The number of carbonyl (C=O) groups is 1. The van der Waals surface area contributed by atoms with Crippen LogP contribution in [0.3, 0.4) is 0 Å². The molecule has 2 aromatic carbocycles. The van der Waals surface area contributed by atoms with E-state index < -0.39 is 5.82 Å². The van der Waals surface area contributed by atoms with Crippen LogP contribution < -0.4 is 5.73 Å². The number of benzene rings is 2. The number of imidazole rings is 1. The van der Waals surface area contributed by atoms with Crippen LogP contribution in [0.2, 0.25) is 5.02 Å². The lowest BCUT2D eigenvalue weighted by Gasteiger charge is -2.25. The fourth-order valence-electron chi connectivity index (χ4n) is 4.33. The van der Waals surface area contributed by atoms with Gasteiger partial charge in [-0.3, -0.25) is 9.78 Å². The Morgan fingerprint density at radius 2 is 1.97 bits per heavy atom. The molecule has 0 bridgehead atoms. The summed E-state index contributed by atoms with van der Waals surface area (Å²) in [5.41, 5.74) is 8.18. The number of anilines is 1. The Balaban J connectivity index is 1.40. The molecule has 1 atom stereocenters. The first kappa shape index (κ1) is 22.0. The second kappa shape index (κ2) is 8.87. The first-order valence-corrected chi connectivity index (χ1v) is 11.1. The largest absolute Gasteiger partial charge is 0.383 e. The summed E-state index contributed by atoms with van der Waals surface area (Å²) in [6.07, 6.45) is 3.09. The molecular weight excluding hydrogens is 460 g/mol. The zero-order valence-corrected chi connectivity index (χ0v) is 18.7. The molecule has 5 rings (SSSR count). The van der Waals surface area contributed by atoms with Gasteiger partial charge in [0.05, 0.1) is 16.6 Å². The number of nitrogens with two attached hydrogens (primary N) is 1. The average molecular weight is 480 g/mol. The van der Waals surface area contributed by atoms with Crippen LogP contribution in [0.15, 0.2) is 60.8 Å². The molecule has 1 amide bonds. The molecule has 1 aliphatic heterocycles. The third-order valence-electron chi connectivity index (χ3n) is 5.93. The number of aromatic amines is 1. The number of halogens is 3. The zero-order valence-electron chi connectivity index (χ0n) is 17.9. The van der Waals surface area contributed by atoms with Gasteiger partial charge >= 0.3 is 0 Å². The van der Waals surface area contributed by atoms with E-state index in [4.69, 9.17) is 17.3 Å². The molecule has 2 aromatic heterocycles. The van der Waals surface area contributed by atoms with Crippen molar-refractivity contribution in [3.63, 3.8) is 0 Å². The topological polar surface area (TPSA) is 87.9 Å². The second-order valence-electron chi connectivity index (χ2n) is 8.09. The fraction of sp³-hybridized carbons (Fsp3) is 0.160. The number of carbonyl (C=O) groups excluding carboxylic acids is 1. The Bertz CT molecular complexity index is 1350. The molecule has 0 spiro atoms. The molecule has 4 aromatic rings. The highest BCUT2D eigenvalue weighted by atomic mass is 35.5. The fourth-order valence-corrected chi connectivity index (χ4v) is 4.58. The Labute approximate surface area is 199 Å². The third kappa shape index (κ3) is 4.01. The summed E-state index contributed by atoms with van der Waals surface area (Å²) in [7, 11) is 0. The molecule has 0 radical (unpaired) electrons. The van der Waals surface area contributed by atoms with Crippen LogP contribution in [-0.4, -0.2) is 32.3 Å². The highest BCUT2D eigenvalue weighted by molar-refractivity contribution is 6.33. The van der Waals surface area contributed by atoms with Crippen molar-refractivity contribution in [1.82, 2.24) is 19.9 Å². The number of pyridine rings is 1. The van der Waals surface area contributed by atoms with E-state index >= 15 is 0 Å². The highest BCUT2D eigenvalue weighted by Gasteiger charge is 2.31. The monoisotopic (exact) mass is 479 g/mol. The van der Waals surface area contributed by atoms with Crippen LogP contribution in [0.5, 0.6) is 0 Å². The first-order valence-electron chi connectivity index (χ1n) is 10.7. The smallest absolute Gasteiger partial charge is 0.272 e. The summed E-state index contributed by atoms with van der Waals surface area (Å²) >= 11 is 6.14. The molecule has 1 saturated heterocycles. The second-order valence-corrected chi connectivity index (χ2v) is 8.50. The number of amides is 1. The van der Waals surface area contributed by atoms with Crippen molar-refractivity contribution < 1.29 is 13.6 Å². The van der Waals surface area contributed by atoms with Gasteiger partial charge in [-0.15, -0.1) is 0 Å². The summed E-state index contributed by atoms with van der Waals surface area (Å²) in [6, 6.07) is 13.8. The minimum Gasteiger partial charge on any atom is -0.383 e. The minimum absolute atomic E-state index is 0.124. The number of aromatic nitrogens is 3. The number of nitrogen functional groups attached to an aromatic ring is 1. The predicted octanol–water partition coefficient (Wildman–Crippen LogP) is 5.63. The summed E-state index contributed by atoms with van der Waals surface area (Å²) in [6.45, 7) is 0.572. The molecule has 3 N–H and O–H groups in total. The van der Waals surface area contributed by atoms with Crippen molar-refractivity contribution in [3.05, 3.63) is 88.7 Å². The van der Waals surface area contributed by atoms with Crippen molar-refractivity contribution in [2.45, 2.75) is 18.9 Å². The van der Waals surface area contributed by atoms with Crippen molar-refractivity contribution >= 4 is 23.3 Å². The van der Waals surface area contributed by atoms with Crippen molar-refractivity contribution in [2.24, 2.45) is 0 Å². The van der Waals surface area contributed by atoms with Crippen molar-refractivity contribution in [2.75, 3.05) is 12.3 Å². The van der Waals surface area contributed by atoms with Crippen LogP contribution in [0, 0.1) is 11.6 Å². The molecule has 172 valence electrons. The Hall–Kier alpha value is -3.78. The number of nitrogens with zero attached hydrogens (tertiary/aromatic N) is 3. The van der Waals surface area contributed by atoms with Crippen LogP contribution in [0.25, 0.3) is 22.6 Å². The highest BCUT2D eigenvalue weighted by Crippen LogP contribution is 2.35. The van der Waals surface area contributed by atoms with Gasteiger partial charge in [0.15, 0.2) is 0 Å². The predicted molar refractivity (Wildman–Crippen MR) is 126 cm³/mol. The summed E-state index contributed by atoms with van der Waals surface area (Å²) in [5.74, 6) is -0.656. The Morgan fingerprint density at radius 1 is 1.15 bits per heavy atom. The number of likely N-dealkylation sites (tertiary alicyclic amines) is 1. The van der Waals surface area contributed by atoms with Gasteiger partial charge in [0.25, 0.3) is 5.91 Å². The van der Waals surface area contributed by atoms with Crippen molar-refractivity contribution in [1.29, 1.82) is 0 Å². The maximum absolute atomic E-state index is 14.3. The van der Waals surface area contributed by atoms with Gasteiger partial charge in [0, 0.05) is 18.3 Å². The summed E-state index contributed by atoms with van der Waals surface area (Å²) in [4.78, 5) is 26.5. The quantitative estimate of drug-likeness (QED) is 0.397. The molecule has 0 saturated carbocycles. The number of H-pyrrole nitrogens is 1. The lowest BCUT2D eigenvalue weighted by molar-refractivity contribution is 0.0729. The van der Waals surface area contributed by atoms with E-state index in [1.54, 1.807) is 29.2 Å². The molecule has 3 heterocycles. The van der Waals surface area contributed by atoms with Crippen molar-refractivity contribution in [3.8, 4) is 22.6 Å². The zero-order chi connectivity index (χ0) is 23.8. The van der Waals surface area contributed by atoms with Gasteiger partial charge in [0.1, 0.15) is 34.7 Å². The third-order valence-corrected chi connectivity index (χ3v) is 6.25. The van der Waals surface area contributed by atoms with Crippen LogP contribution in [0.4, 0.5) is 14.6 Å². The maximum Gasteiger partial charge on any atom is 0.272 e. The van der Waals surface area contributed by atoms with Gasteiger partial charge in [-0.25, -0.2) is 13.8 Å². The normalized spacial score (nSPS) is 15.6. The number of hydrogen-bond donors (Lipinski definition) is 2. The molecule has 1 fully saturated rings. The van der Waals surface area contributed by atoms with Crippen LogP contribution in [0.1, 0.15) is 34.9 Å². The number of rotatable bonds is 4. The van der Waals surface area contributed by atoms with Gasteiger partial charge < -0.3 is 15.6 Å². The molecule has 1 unspecified atom stereocenters. The van der Waals surface area contributed by atoms with E-state index in [1.165, 1.54) is 30.5 Å². The average Bonchev–Trinajstić information content (AvgIpc) is 3.46. The van der Waals surface area contributed by atoms with Crippen LogP contribution in [-0.2, 0) is 0 Å². The van der Waals surface area contributed by atoms with E-state index in [-0.39, 0.29) is 45.7 Å². The van der Waals surface area contributed by atoms with E-state index in [0.29, 0.717) is 17.8 Å². The molecular formula is C25H20ClF2N5O. The van der Waals surface area contributed by atoms with E-state index in [9.17, 15) is 13.6 Å². The Kier molecular flexibility index (Phi) is 5.75. The van der Waals surface area contributed by atoms with Gasteiger partial charge in [-0.2, -0.15) is 0 Å². The molecule has 34 heavy (non-hydrogen) atoms. The van der Waals surface area contributed by atoms with Gasteiger partial charge in [-0.05, 0) is 54.8 Å². The van der Waals surface area contributed by atoms with Gasteiger partial charge in [0.2, 0.25) is 0 Å². The summed E-state index contributed by atoms with van der Waals surface area (Å²) < 4.78 is 28.0. The standard InChI is InChI=1S/C25H20ClF2N5O/c26-17-6-2-7-18(28)21(17)24-31-22(23(29)32-24)15-9-10-19(30-13-15)25(34)33-11-3-8-20(33)14-4-1-5-16(27)12-14/h1-2,4-7,9-10,12-13,20H,3,8,11,29H2,(H,31,32). The van der Waals surface area contributed by atoms with E-state index in [2.05, 4.69) is 15.0 Å². The number of nitrogens with one attached hydrogen (secondary N) is 1. The maximum atomic E-state index is 14.3. The first-order chi connectivity index (χ1) is 16.4. The Morgan fingerprint density at radius 3 is 2.71 bits per heavy atom. The van der Waals surface area contributed by atoms with Gasteiger partial charge in [-0.1, -0.05) is 29.8 Å². The minimum atomic E-state index is -0.523. The molecule has 6 nitrogen and oxygen atoms in total. The lowest BCUT2D eigenvalue weighted by Crippen LogP contribution is -2.31. The van der Waals surface area contributed by atoms with E-state index in [1.807, 2.05) is 6.07 Å². The lowest BCUT2D eigenvalue weighted by atomic mass is 10.0. The van der Waals surface area contributed by atoms with Crippen LogP contribution >= 0.6 is 11.6 Å². The molecule has 1 aliphatic rings. The summed E-state index contributed by atoms with van der Waals surface area (Å²) in [5, 5.41) is 0.206. The number of hydrogen-bond acceptors (Lipinski definition) is 4. The van der Waals surface area contributed by atoms with E-state index in [0.717, 1.165) is 18.4 Å².